The summed E-state index contributed by atoms with van der Waals surface area (Å²) in [6.07, 6.45) is 2.71. The SMILES string of the molecule is CC1Cc2ccccc2N1C(=O)c1csc2nc(-c3ccc(F)cc3)cn12. The molecule has 1 amide bonds. The van der Waals surface area contributed by atoms with E-state index in [0.29, 0.717) is 5.69 Å². The van der Waals surface area contributed by atoms with E-state index in [1.807, 2.05) is 39.1 Å². The molecule has 0 bridgehead atoms. The lowest BCUT2D eigenvalue weighted by molar-refractivity contribution is 0.0976. The van der Waals surface area contributed by atoms with Crippen LogP contribution in [0.2, 0.25) is 0 Å². The van der Waals surface area contributed by atoms with Crippen LogP contribution in [0.4, 0.5) is 10.1 Å². The average Bonchev–Trinajstić information content (AvgIpc) is 3.33. The van der Waals surface area contributed by atoms with Crippen molar-refractivity contribution in [3.8, 4) is 11.3 Å². The number of hydrogen-bond donors (Lipinski definition) is 0. The number of fused-ring (bicyclic) bond motifs is 2. The minimum atomic E-state index is -0.280. The van der Waals surface area contributed by atoms with Crippen LogP contribution in [0.5, 0.6) is 0 Å². The summed E-state index contributed by atoms with van der Waals surface area (Å²) in [4.78, 5) is 20.5. The molecule has 0 spiro atoms. The number of carbonyl (C=O) groups is 1. The van der Waals surface area contributed by atoms with Crippen molar-refractivity contribution < 1.29 is 9.18 Å². The smallest absolute Gasteiger partial charge is 0.276 e. The predicted octanol–water partition coefficient (Wildman–Crippen LogP) is 4.79. The number of imidazole rings is 1. The summed E-state index contributed by atoms with van der Waals surface area (Å²) in [6.45, 7) is 2.07. The molecule has 2 aromatic carbocycles. The first-order valence-corrected chi connectivity index (χ1v) is 9.64. The maximum atomic E-state index is 13.3. The van der Waals surface area contributed by atoms with E-state index >= 15 is 0 Å². The van der Waals surface area contributed by atoms with Gasteiger partial charge in [-0.1, -0.05) is 18.2 Å². The van der Waals surface area contributed by atoms with Crippen LogP contribution in [0.25, 0.3) is 16.2 Å². The molecule has 134 valence electrons. The number of halogens is 1. The van der Waals surface area contributed by atoms with Crippen molar-refractivity contribution in [3.05, 3.63) is 77.2 Å². The zero-order valence-corrected chi connectivity index (χ0v) is 15.4. The molecule has 2 aromatic heterocycles. The monoisotopic (exact) mass is 377 g/mol. The third-order valence-corrected chi connectivity index (χ3v) is 5.83. The van der Waals surface area contributed by atoms with Crippen LogP contribution in [0, 0.1) is 5.82 Å². The van der Waals surface area contributed by atoms with E-state index in [0.717, 1.165) is 28.3 Å². The van der Waals surface area contributed by atoms with Crippen LogP contribution in [0.15, 0.2) is 60.1 Å². The number of amides is 1. The summed E-state index contributed by atoms with van der Waals surface area (Å²) >= 11 is 1.43. The number of anilines is 1. The van der Waals surface area contributed by atoms with E-state index in [2.05, 4.69) is 18.0 Å². The Bertz CT molecular complexity index is 1160. The van der Waals surface area contributed by atoms with Gasteiger partial charge in [-0.15, -0.1) is 11.3 Å². The molecule has 6 heteroatoms. The quantitative estimate of drug-likeness (QED) is 0.504. The fourth-order valence-electron chi connectivity index (χ4n) is 3.70. The van der Waals surface area contributed by atoms with E-state index in [9.17, 15) is 9.18 Å². The predicted molar refractivity (Wildman–Crippen MR) is 105 cm³/mol. The highest BCUT2D eigenvalue weighted by Crippen LogP contribution is 2.34. The van der Waals surface area contributed by atoms with Gasteiger partial charge in [-0.25, -0.2) is 9.37 Å². The minimum Gasteiger partial charge on any atom is -0.304 e. The number of nitrogens with zero attached hydrogens (tertiary/aromatic N) is 3. The number of carbonyl (C=O) groups excluding carboxylic acids is 1. The van der Waals surface area contributed by atoms with Crippen LogP contribution in [-0.4, -0.2) is 21.3 Å². The van der Waals surface area contributed by atoms with E-state index in [1.165, 1.54) is 29.0 Å². The maximum Gasteiger partial charge on any atom is 0.276 e. The van der Waals surface area contributed by atoms with Gasteiger partial charge in [-0.05, 0) is 49.2 Å². The lowest BCUT2D eigenvalue weighted by Gasteiger charge is -2.22. The van der Waals surface area contributed by atoms with Crippen molar-refractivity contribution in [3.63, 3.8) is 0 Å². The van der Waals surface area contributed by atoms with Crippen molar-refractivity contribution in [1.29, 1.82) is 0 Å². The highest BCUT2D eigenvalue weighted by atomic mass is 32.1. The molecule has 0 aliphatic carbocycles. The Labute approximate surface area is 159 Å². The Morgan fingerprint density at radius 1 is 1.19 bits per heavy atom. The summed E-state index contributed by atoms with van der Waals surface area (Å²) in [7, 11) is 0. The number of thiazole rings is 1. The minimum absolute atomic E-state index is 0.0262. The zero-order valence-electron chi connectivity index (χ0n) is 14.6. The molecule has 3 heterocycles. The third kappa shape index (κ3) is 2.56. The molecule has 5 rings (SSSR count). The zero-order chi connectivity index (χ0) is 18.5. The molecule has 0 saturated heterocycles. The number of rotatable bonds is 2. The highest BCUT2D eigenvalue weighted by Gasteiger charge is 2.32. The molecule has 0 radical (unpaired) electrons. The molecule has 27 heavy (non-hydrogen) atoms. The second-order valence-corrected chi connectivity index (χ2v) is 7.60. The molecule has 1 aliphatic rings. The first-order valence-electron chi connectivity index (χ1n) is 8.76. The van der Waals surface area contributed by atoms with Crippen molar-refractivity contribution in [2.24, 2.45) is 0 Å². The number of para-hydroxylation sites is 1. The van der Waals surface area contributed by atoms with Crippen molar-refractivity contribution >= 4 is 27.9 Å². The van der Waals surface area contributed by atoms with Crippen LogP contribution in [-0.2, 0) is 6.42 Å². The van der Waals surface area contributed by atoms with Crippen molar-refractivity contribution in [2.75, 3.05) is 4.90 Å². The average molecular weight is 377 g/mol. The van der Waals surface area contributed by atoms with E-state index in [4.69, 9.17) is 0 Å². The van der Waals surface area contributed by atoms with Crippen LogP contribution in [0.3, 0.4) is 0 Å². The molecule has 0 saturated carbocycles. The fraction of sp³-hybridized carbons (Fsp3) is 0.143. The van der Waals surface area contributed by atoms with Gasteiger partial charge in [0.2, 0.25) is 0 Å². The molecule has 1 aliphatic heterocycles. The number of hydrogen-bond acceptors (Lipinski definition) is 3. The summed E-state index contributed by atoms with van der Waals surface area (Å²) < 4.78 is 15.0. The standard InChI is InChI=1S/C21H16FN3OS/c1-13-10-15-4-2-3-5-18(15)25(13)20(26)19-12-27-21-23-17(11-24(19)21)14-6-8-16(22)9-7-14/h2-9,11-13H,10H2,1H3. The van der Waals surface area contributed by atoms with Gasteiger partial charge in [0.25, 0.3) is 5.91 Å². The lowest BCUT2D eigenvalue weighted by Crippen LogP contribution is -2.36. The molecular formula is C21H16FN3OS. The topological polar surface area (TPSA) is 37.6 Å². The van der Waals surface area contributed by atoms with Gasteiger partial charge in [0, 0.05) is 28.9 Å². The number of aromatic nitrogens is 2. The number of benzene rings is 2. The molecule has 4 aromatic rings. The third-order valence-electron chi connectivity index (χ3n) is 4.99. The summed E-state index contributed by atoms with van der Waals surface area (Å²) in [6, 6.07) is 14.4. The maximum absolute atomic E-state index is 13.3. The Kier molecular flexibility index (Phi) is 3.62. The normalized spacial score (nSPS) is 16.1. The molecule has 0 fully saturated rings. The molecule has 1 atom stereocenters. The summed E-state index contributed by atoms with van der Waals surface area (Å²) in [5.41, 5.74) is 4.33. The molecule has 1 unspecified atom stereocenters. The Morgan fingerprint density at radius 2 is 1.96 bits per heavy atom. The second kappa shape index (κ2) is 6.03. The lowest BCUT2D eigenvalue weighted by atomic mass is 10.1. The van der Waals surface area contributed by atoms with Crippen molar-refractivity contribution in [1.82, 2.24) is 9.38 Å². The van der Waals surface area contributed by atoms with Crippen LogP contribution >= 0.6 is 11.3 Å². The van der Waals surface area contributed by atoms with E-state index in [-0.39, 0.29) is 17.8 Å². The van der Waals surface area contributed by atoms with Gasteiger partial charge in [0.05, 0.1) is 5.69 Å². The van der Waals surface area contributed by atoms with Crippen molar-refractivity contribution in [2.45, 2.75) is 19.4 Å². The van der Waals surface area contributed by atoms with Gasteiger partial charge in [0.1, 0.15) is 11.5 Å². The molecule has 0 N–H and O–H groups in total. The highest BCUT2D eigenvalue weighted by molar-refractivity contribution is 7.15. The Morgan fingerprint density at radius 3 is 2.78 bits per heavy atom. The van der Waals surface area contributed by atoms with Gasteiger partial charge < -0.3 is 4.90 Å². The first-order chi connectivity index (χ1) is 13.1. The van der Waals surface area contributed by atoms with E-state index < -0.39 is 0 Å². The van der Waals surface area contributed by atoms with Crippen LogP contribution in [0.1, 0.15) is 23.0 Å². The fourth-order valence-corrected chi connectivity index (χ4v) is 4.54. The largest absolute Gasteiger partial charge is 0.304 e. The Hall–Kier alpha value is -2.99. The van der Waals surface area contributed by atoms with Gasteiger partial charge >= 0.3 is 0 Å². The first kappa shape index (κ1) is 16.2. The van der Waals surface area contributed by atoms with Gasteiger partial charge in [-0.2, -0.15) is 0 Å². The van der Waals surface area contributed by atoms with Gasteiger partial charge in [0.15, 0.2) is 4.96 Å². The summed E-state index contributed by atoms with van der Waals surface area (Å²) in [5, 5.41) is 1.85. The molecule has 4 nitrogen and oxygen atoms in total. The second-order valence-electron chi connectivity index (χ2n) is 6.76. The molecular weight excluding hydrogens is 361 g/mol. The van der Waals surface area contributed by atoms with Crippen LogP contribution < -0.4 is 4.90 Å². The Balaban J connectivity index is 1.55. The summed E-state index contributed by atoms with van der Waals surface area (Å²) in [5.74, 6) is -0.306. The van der Waals surface area contributed by atoms with E-state index in [1.54, 1.807) is 12.1 Å². The van der Waals surface area contributed by atoms with Gasteiger partial charge in [-0.3, -0.25) is 9.20 Å².